The second kappa shape index (κ2) is 4.82. The van der Waals surface area contributed by atoms with Crippen LogP contribution in [0.25, 0.3) is 11.3 Å². The van der Waals surface area contributed by atoms with Crippen molar-refractivity contribution in [1.29, 1.82) is 0 Å². The third-order valence-corrected chi connectivity index (χ3v) is 4.73. The SMILES string of the molecule is Brc1ccc(-c2ccc(N3C[C@@H]4CN[C@@H]4C3)nn2)cc1. The van der Waals surface area contributed by atoms with Crippen molar-refractivity contribution in [2.75, 3.05) is 24.5 Å². The molecule has 0 bridgehead atoms. The van der Waals surface area contributed by atoms with Gasteiger partial charge in [0, 0.05) is 41.6 Å². The Bertz CT molecular complexity index is 599. The van der Waals surface area contributed by atoms with Gasteiger partial charge in [-0.3, -0.25) is 0 Å². The third kappa shape index (κ3) is 2.11. The van der Waals surface area contributed by atoms with Crippen LogP contribution in [0.5, 0.6) is 0 Å². The quantitative estimate of drug-likeness (QED) is 0.917. The van der Waals surface area contributed by atoms with E-state index in [0.717, 1.165) is 47.1 Å². The average Bonchev–Trinajstić information content (AvgIpc) is 2.76. The first-order valence-electron chi connectivity index (χ1n) is 6.87. The number of hydrogen-bond acceptors (Lipinski definition) is 4. The van der Waals surface area contributed by atoms with Crippen LogP contribution in [0.4, 0.5) is 5.82 Å². The van der Waals surface area contributed by atoms with Gasteiger partial charge < -0.3 is 10.2 Å². The molecule has 2 aliphatic heterocycles. The zero-order valence-corrected chi connectivity index (χ0v) is 12.5. The number of nitrogens with one attached hydrogen (secondary N) is 1. The van der Waals surface area contributed by atoms with Crippen molar-refractivity contribution in [2.24, 2.45) is 5.92 Å². The summed E-state index contributed by atoms with van der Waals surface area (Å²) in [5.41, 5.74) is 2.01. The molecule has 0 radical (unpaired) electrons. The Hall–Kier alpha value is -1.46. The van der Waals surface area contributed by atoms with E-state index in [-0.39, 0.29) is 0 Å². The van der Waals surface area contributed by atoms with E-state index < -0.39 is 0 Å². The van der Waals surface area contributed by atoms with Gasteiger partial charge in [-0.25, -0.2) is 0 Å². The van der Waals surface area contributed by atoms with Crippen molar-refractivity contribution >= 4 is 21.7 Å². The number of rotatable bonds is 2. The highest BCUT2D eigenvalue weighted by Gasteiger charge is 2.39. The van der Waals surface area contributed by atoms with Gasteiger partial charge in [0.2, 0.25) is 0 Å². The van der Waals surface area contributed by atoms with E-state index in [2.05, 4.69) is 48.5 Å². The topological polar surface area (TPSA) is 41.0 Å². The standard InChI is InChI=1S/C15H15BrN4/c16-12-3-1-10(2-4-12)13-5-6-15(19-18-13)20-8-11-7-17-14(11)9-20/h1-6,11,14,17H,7-9H2/t11-,14+/m0/s1. The van der Waals surface area contributed by atoms with Gasteiger partial charge in [0.15, 0.2) is 5.82 Å². The Labute approximate surface area is 126 Å². The molecular formula is C15H15BrN4. The van der Waals surface area contributed by atoms with Crippen LogP contribution in [-0.4, -0.2) is 35.9 Å². The third-order valence-electron chi connectivity index (χ3n) is 4.20. The van der Waals surface area contributed by atoms with Gasteiger partial charge in [-0.15, -0.1) is 10.2 Å². The number of anilines is 1. The first kappa shape index (κ1) is 12.3. The fourth-order valence-electron chi connectivity index (χ4n) is 2.91. The molecule has 0 aliphatic carbocycles. The molecule has 2 aliphatic rings. The zero-order chi connectivity index (χ0) is 13.5. The van der Waals surface area contributed by atoms with E-state index in [1.54, 1.807) is 0 Å². The molecule has 5 heteroatoms. The van der Waals surface area contributed by atoms with E-state index >= 15 is 0 Å². The Morgan fingerprint density at radius 2 is 1.90 bits per heavy atom. The fourth-order valence-corrected chi connectivity index (χ4v) is 3.17. The maximum absolute atomic E-state index is 4.39. The molecule has 1 N–H and O–H groups in total. The van der Waals surface area contributed by atoms with E-state index in [1.165, 1.54) is 0 Å². The van der Waals surface area contributed by atoms with Crippen LogP contribution < -0.4 is 10.2 Å². The molecule has 2 aromatic rings. The van der Waals surface area contributed by atoms with E-state index in [9.17, 15) is 0 Å². The number of nitrogens with zero attached hydrogens (tertiary/aromatic N) is 3. The molecule has 1 aromatic carbocycles. The largest absolute Gasteiger partial charge is 0.353 e. The van der Waals surface area contributed by atoms with Gasteiger partial charge >= 0.3 is 0 Å². The van der Waals surface area contributed by atoms with Crippen LogP contribution in [-0.2, 0) is 0 Å². The monoisotopic (exact) mass is 330 g/mol. The molecule has 1 aromatic heterocycles. The molecule has 4 nitrogen and oxygen atoms in total. The molecule has 0 spiro atoms. The Balaban J connectivity index is 1.55. The van der Waals surface area contributed by atoms with E-state index in [1.807, 2.05) is 24.3 Å². The average molecular weight is 331 g/mol. The van der Waals surface area contributed by atoms with Crippen LogP contribution in [0.15, 0.2) is 40.9 Å². The molecule has 4 rings (SSSR count). The molecular weight excluding hydrogens is 316 g/mol. The molecule has 20 heavy (non-hydrogen) atoms. The van der Waals surface area contributed by atoms with Gasteiger partial charge in [-0.05, 0) is 24.3 Å². The van der Waals surface area contributed by atoms with Crippen molar-refractivity contribution in [2.45, 2.75) is 6.04 Å². The number of aromatic nitrogens is 2. The summed E-state index contributed by atoms with van der Waals surface area (Å²) in [6.07, 6.45) is 0. The highest BCUT2D eigenvalue weighted by molar-refractivity contribution is 9.10. The highest BCUT2D eigenvalue weighted by atomic mass is 79.9. The fraction of sp³-hybridized carbons (Fsp3) is 0.333. The van der Waals surface area contributed by atoms with Gasteiger partial charge in [0.25, 0.3) is 0 Å². The van der Waals surface area contributed by atoms with Crippen LogP contribution in [0.2, 0.25) is 0 Å². The highest BCUT2D eigenvalue weighted by Crippen LogP contribution is 2.27. The summed E-state index contributed by atoms with van der Waals surface area (Å²) in [5.74, 6) is 1.78. The van der Waals surface area contributed by atoms with Crippen LogP contribution in [0.3, 0.4) is 0 Å². The molecule has 0 saturated carbocycles. The minimum atomic E-state index is 0.656. The number of fused-ring (bicyclic) bond motifs is 1. The van der Waals surface area contributed by atoms with Crippen molar-refractivity contribution in [3.05, 3.63) is 40.9 Å². The molecule has 0 unspecified atom stereocenters. The predicted molar refractivity (Wildman–Crippen MR) is 82.7 cm³/mol. The Morgan fingerprint density at radius 3 is 2.45 bits per heavy atom. The van der Waals surface area contributed by atoms with Crippen molar-refractivity contribution in [3.8, 4) is 11.3 Å². The van der Waals surface area contributed by atoms with E-state index in [4.69, 9.17) is 0 Å². The number of hydrogen-bond donors (Lipinski definition) is 1. The summed E-state index contributed by atoms with van der Waals surface area (Å²) in [6.45, 7) is 3.30. The summed E-state index contributed by atoms with van der Waals surface area (Å²) in [5, 5.41) is 12.2. The number of halogens is 1. The van der Waals surface area contributed by atoms with E-state index in [0.29, 0.717) is 6.04 Å². The molecule has 2 fully saturated rings. The van der Waals surface area contributed by atoms with Gasteiger partial charge in [-0.1, -0.05) is 28.1 Å². The first-order valence-corrected chi connectivity index (χ1v) is 7.67. The van der Waals surface area contributed by atoms with Crippen LogP contribution >= 0.6 is 15.9 Å². The van der Waals surface area contributed by atoms with Crippen molar-refractivity contribution in [3.63, 3.8) is 0 Å². The predicted octanol–water partition coefficient (Wildman–Crippen LogP) is 2.31. The van der Waals surface area contributed by atoms with Crippen molar-refractivity contribution < 1.29 is 0 Å². The number of benzene rings is 1. The smallest absolute Gasteiger partial charge is 0.151 e. The summed E-state index contributed by atoms with van der Waals surface area (Å²) >= 11 is 3.44. The first-order chi connectivity index (χ1) is 9.79. The maximum Gasteiger partial charge on any atom is 0.151 e. The normalized spacial score (nSPS) is 24.4. The molecule has 0 amide bonds. The summed E-state index contributed by atoms with van der Waals surface area (Å²) in [4.78, 5) is 2.33. The lowest BCUT2D eigenvalue weighted by Crippen LogP contribution is -2.51. The molecule has 2 saturated heterocycles. The molecule has 102 valence electrons. The second-order valence-corrected chi connectivity index (χ2v) is 6.38. The Kier molecular flexibility index (Phi) is 2.97. The van der Waals surface area contributed by atoms with Crippen LogP contribution in [0, 0.1) is 5.92 Å². The van der Waals surface area contributed by atoms with Gasteiger partial charge in [-0.2, -0.15) is 0 Å². The van der Waals surface area contributed by atoms with Crippen LogP contribution in [0.1, 0.15) is 0 Å². The lowest BCUT2D eigenvalue weighted by Gasteiger charge is -2.29. The van der Waals surface area contributed by atoms with Gasteiger partial charge in [0.1, 0.15) is 0 Å². The summed E-state index contributed by atoms with van der Waals surface area (Å²) < 4.78 is 1.07. The molecule has 2 atom stereocenters. The Morgan fingerprint density at radius 1 is 1.05 bits per heavy atom. The minimum absolute atomic E-state index is 0.656. The van der Waals surface area contributed by atoms with Crippen molar-refractivity contribution in [1.82, 2.24) is 15.5 Å². The summed E-state index contributed by atoms with van der Waals surface area (Å²) in [7, 11) is 0. The summed E-state index contributed by atoms with van der Waals surface area (Å²) in [6, 6.07) is 12.9. The lowest BCUT2D eigenvalue weighted by molar-refractivity contribution is 0.297. The lowest BCUT2D eigenvalue weighted by atomic mass is 9.96. The second-order valence-electron chi connectivity index (χ2n) is 5.46. The maximum atomic E-state index is 4.39. The zero-order valence-electron chi connectivity index (χ0n) is 11.0. The van der Waals surface area contributed by atoms with Gasteiger partial charge in [0.05, 0.1) is 5.69 Å². The minimum Gasteiger partial charge on any atom is -0.353 e. The molecule has 3 heterocycles.